The van der Waals surface area contributed by atoms with Crippen LogP contribution in [0.5, 0.6) is 0 Å². The predicted molar refractivity (Wildman–Crippen MR) is 101 cm³/mol. The van der Waals surface area contributed by atoms with E-state index in [1.807, 2.05) is 40.7 Å². The summed E-state index contributed by atoms with van der Waals surface area (Å²) in [6.45, 7) is 7.85. The first-order valence-electron chi connectivity index (χ1n) is 7.76. The number of Topliss-reactive ketones (excluding diaryl/α,β-unsaturated/α-hetero) is 1. The van der Waals surface area contributed by atoms with Crippen molar-refractivity contribution in [3.8, 4) is 0 Å². The summed E-state index contributed by atoms with van der Waals surface area (Å²) in [6.07, 6.45) is -0.148. The maximum Gasteiger partial charge on any atom is 0.196 e. The van der Waals surface area contributed by atoms with Crippen molar-refractivity contribution in [1.29, 1.82) is 0 Å². The number of amidine groups is 1. The number of halogens is 1. The van der Waals surface area contributed by atoms with Crippen molar-refractivity contribution in [3.05, 3.63) is 51.7 Å². The van der Waals surface area contributed by atoms with Gasteiger partial charge in [-0.2, -0.15) is 0 Å². The van der Waals surface area contributed by atoms with Crippen LogP contribution in [0.25, 0.3) is 0 Å². The first-order valence-corrected chi connectivity index (χ1v) is 9.02. The number of benzene rings is 1. The van der Waals surface area contributed by atoms with Crippen LogP contribution in [-0.4, -0.2) is 22.1 Å². The Morgan fingerprint density at radius 1 is 1.21 bits per heavy atom. The molecule has 2 aromatic rings. The highest BCUT2D eigenvalue weighted by atomic mass is 35.5. The number of rotatable bonds is 3. The summed E-state index contributed by atoms with van der Waals surface area (Å²) in [5.41, 5.74) is 0.656. The van der Waals surface area contributed by atoms with E-state index in [0.717, 1.165) is 10.6 Å². The van der Waals surface area contributed by atoms with E-state index in [0.29, 0.717) is 10.9 Å². The molecule has 0 aliphatic carbocycles. The Kier molecular flexibility index (Phi) is 4.40. The number of ketones is 1. The van der Waals surface area contributed by atoms with Crippen LogP contribution < -0.4 is 5.01 Å². The molecule has 1 aromatic carbocycles. The molecule has 0 N–H and O–H groups in total. The zero-order valence-electron chi connectivity index (χ0n) is 14.2. The van der Waals surface area contributed by atoms with Gasteiger partial charge in [0.05, 0.1) is 5.69 Å². The van der Waals surface area contributed by atoms with Crippen molar-refractivity contribution in [1.82, 2.24) is 4.90 Å². The molecule has 4 nitrogen and oxygen atoms in total. The Labute approximate surface area is 151 Å². The molecular formula is C18H20ClN3OS. The monoisotopic (exact) mass is 361 g/mol. The van der Waals surface area contributed by atoms with E-state index in [1.165, 1.54) is 0 Å². The van der Waals surface area contributed by atoms with Gasteiger partial charge in [-0.05, 0) is 56.5 Å². The zero-order chi connectivity index (χ0) is 17.5. The Hall–Kier alpha value is -1.85. The summed E-state index contributed by atoms with van der Waals surface area (Å²) in [7, 11) is 0. The summed E-state index contributed by atoms with van der Waals surface area (Å²) in [5.74, 6) is 0.443. The van der Waals surface area contributed by atoms with E-state index in [4.69, 9.17) is 11.6 Å². The molecule has 0 bridgehead atoms. The first-order chi connectivity index (χ1) is 11.3. The van der Waals surface area contributed by atoms with Gasteiger partial charge in [-0.1, -0.05) is 17.7 Å². The van der Waals surface area contributed by atoms with Crippen molar-refractivity contribution < 1.29 is 4.79 Å². The van der Waals surface area contributed by atoms with Crippen LogP contribution in [0, 0.1) is 0 Å². The highest BCUT2D eigenvalue weighted by molar-refractivity contribution is 7.10. The Morgan fingerprint density at radius 3 is 2.38 bits per heavy atom. The highest BCUT2D eigenvalue weighted by Gasteiger charge is 2.43. The predicted octanol–water partition coefficient (Wildman–Crippen LogP) is 4.92. The molecule has 1 unspecified atom stereocenters. The molecule has 0 amide bonds. The minimum absolute atomic E-state index is 0.0389. The molecule has 1 aliphatic rings. The lowest BCUT2D eigenvalue weighted by molar-refractivity contribution is -0.112. The van der Waals surface area contributed by atoms with Crippen LogP contribution >= 0.6 is 22.9 Å². The molecule has 0 saturated heterocycles. The lowest BCUT2D eigenvalue weighted by atomic mass is 10.0. The van der Waals surface area contributed by atoms with Gasteiger partial charge in [-0.15, -0.1) is 16.4 Å². The van der Waals surface area contributed by atoms with Gasteiger partial charge in [-0.25, -0.2) is 5.01 Å². The number of thiophene rings is 1. The SMILES string of the molecule is CC(=O)C1=NN(c2ccc(Cl)cc2)C(c2cccs2)N1C(C)(C)C. The van der Waals surface area contributed by atoms with Gasteiger partial charge in [0, 0.05) is 22.4 Å². The molecule has 2 heterocycles. The van der Waals surface area contributed by atoms with Crippen molar-refractivity contribution in [2.75, 3.05) is 5.01 Å². The first kappa shape index (κ1) is 17.0. The van der Waals surface area contributed by atoms with E-state index in [9.17, 15) is 4.79 Å². The molecule has 0 radical (unpaired) electrons. The average molecular weight is 362 g/mol. The van der Waals surface area contributed by atoms with Crippen LogP contribution in [0.15, 0.2) is 46.9 Å². The smallest absolute Gasteiger partial charge is 0.196 e. The molecule has 24 heavy (non-hydrogen) atoms. The second kappa shape index (κ2) is 6.22. The summed E-state index contributed by atoms with van der Waals surface area (Å²) < 4.78 is 0. The second-order valence-electron chi connectivity index (χ2n) is 6.73. The molecule has 1 aliphatic heterocycles. The van der Waals surface area contributed by atoms with E-state index in [2.05, 4.69) is 36.8 Å². The quantitative estimate of drug-likeness (QED) is 0.778. The third-order valence-electron chi connectivity index (χ3n) is 3.83. The highest BCUT2D eigenvalue weighted by Crippen LogP contribution is 2.41. The molecule has 6 heteroatoms. The Morgan fingerprint density at radius 2 is 1.88 bits per heavy atom. The Balaban J connectivity index is 2.14. The normalized spacial score (nSPS) is 18.0. The van der Waals surface area contributed by atoms with Crippen LogP contribution in [0.2, 0.25) is 5.02 Å². The third-order valence-corrected chi connectivity index (χ3v) is 5.00. The molecular weight excluding hydrogens is 342 g/mol. The van der Waals surface area contributed by atoms with Gasteiger partial charge in [0.25, 0.3) is 0 Å². The standard InChI is InChI=1S/C18H20ClN3OS/c1-12(23)16-20-22(14-9-7-13(19)8-10-14)17(15-6-5-11-24-15)21(16)18(2,3)4/h5-11,17H,1-4H3. The van der Waals surface area contributed by atoms with Crippen molar-refractivity contribution in [3.63, 3.8) is 0 Å². The maximum absolute atomic E-state index is 12.2. The average Bonchev–Trinajstić information content (AvgIpc) is 3.14. The van der Waals surface area contributed by atoms with Crippen molar-refractivity contribution in [2.24, 2.45) is 5.10 Å². The lowest BCUT2D eigenvalue weighted by Gasteiger charge is -2.40. The third kappa shape index (κ3) is 3.06. The number of hydrogen-bond donors (Lipinski definition) is 0. The minimum atomic E-state index is -0.250. The molecule has 0 saturated carbocycles. The van der Waals surface area contributed by atoms with Gasteiger partial charge < -0.3 is 4.90 Å². The molecule has 1 atom stereocenters. The topological polar surface area (TPSA) is 35.9 Å². The van der Waals surface area contributed by atoms with E-state index >= 15 is 0 Å². The van der Waals surface area contributed by atoms with Gasteiger partial charge >= 0.3 is 0 Å². The molecule has 126 valence electrons. The summed E-state index contributed by atoms with van der Waals surface area (Å²) in [6, 6.07) is 11.6. The largest absolute Gasteiger partial charge is 0.321 e. The van der Waals surface area contributed by atoms with Gasteiger partial charge in [0.2, 0.25) is 0 Å². The van der Waals surface area contributed by atoms with Crippen LogP contribution in [-0.2, 0) is 4.79 Å². The fourth-order valence-corrected chi connectivity index (χ4v) is 3.76. The van der Waals surface area contributed by atoms with E-state index in [-0.39, 0.29) is 17.5 Å². The summed E-state index contributed by atoms with van der Waals surface area (Å²) in [4.78, 5) is 15.5. The number of nitrogens with zero attached hydrogens (tertiary/aromatic N) is 3. The van der Waals surface area contributed by atoms with E-state index in [1.54, 1.807) is 18.3 Å². The van der Waals surface area contributed by atoms with Gasteiger partial charge in [0.1, 0.15) is 0 Å². The van der Waals surface area contributed by atoms with Crippen molar-refractivity contribution >= 4 is 40.2 Å². The number of hydrazone groups is 1. The Bertz CT molecular complexity index is 763. The van der Waals surface area contributed by atoms with E-state index < -0.39 is 0 Å². The number of carbonyl (C=O) groups excluding carboxylic acids is 1. The number of anilines is 1. The van der Waals surface area contributed by atoms with Gasteiger partial charge in [-0.3, -0.25) is 4.79 Å². The molecule has 0 spiro atoms. The summed E-state index contributed by atoms with van der Waals surface area (Å²) in [5, 5.41) is 9.29. The second-order valence-corrected chi connectivity index (χ2v) is 8.15. The lowest BCUT2D eigenvalue weighted by Crippen LogP contribution is -2.48. The zero-order valence-corrected chi connectivity index (χ0v) is 15.7. The molecule has 3 rings (SSSR count). The number of hydrogen-bond acceptors (Lipinski definition) is 5. The maximum atomic E-state index is 12.2. The minimum Gasteiger partial charge on any atom is -0.321 e. The van der Waals surface area contributed by atoms with Crippen LogP contribution in [0.4, 0.5) is 5.69 Å². The fraction of sp³-hybridized carbons (Fsp3) is 0.333. The molecule has 0 fully saturated rings. The summed E-state index contributed by atoms with van der Waals surface area (Å²) >= 11 is 7.68. The fourth-order valence-electron chi connectivity index (χ4n) is 2.83. The molecule has 1 aromatic heterocycles. The van der Waals surface area contributed by atoms with Crippen LogP contribution in [0.1, 0.15) is 38.7 Å². The van der Waals surface area contributed by atoms with Gasteiger partial charge in [0.15, 0.2) is 17.8 Å². The van der Waals surface area contributed by atoms with Crippen LogP contribution in [0.3, 0.4) is 0 Å². The number of carbonyl (C=O) groups is 1. The van der Waals surface area contributed by atoms with Crippen molar-refractivity contribution in [2.45, 2.75) is 39.4 Å².